The zero-order chi connectivity index (χ0) is 15.8. The van der Waals surface area contributed by atoms with Gasteiger partial charge in [0.1, 0.15) is 17.4 Å². The number of hydrogen-bond donors (Lipinski definition) is 1. The Bertz CT molecular complexity index is 587. The maximum Gasteiger partial charge on any atom is 0.266 e. The fourth-order valence-corrected chi connectivity index (χ4v) is 2.10. The Kier molecular flexibility index (Phi) is 5.81. The summed E-state index contributed by atoms with van der Waals surface area (Å²) in [4.78, 5) is 13.9. The number of nitrogens with zero attached hydrogens (tertiary/aromatic N) is 2. The average Bonchev–Trinajstić information content (AvgIpc) is 2.57. The maximum absolute atomic E-state index is 12.3. The van der Waals surface area contributed by atoms with Crippen molar-refractivity contribution in [3.05, 3.63) is 36.0 Å². The molecule has 2 rings (SSSR count). The third-order valence-electron chi connectivity index (χ3n) is 3.21. The second-order valence-corrected chi connectivity index (χ2v) is 4.65. The molecule has 0 saturated carbocycles. The van der Waals surface area contributed by atoms with Crippen molar-refractivity contribution in [1.82, 2.24) is 4.90 Å². The second kappa shape index (κ2) is 8.05. The SMILES string of the molecule is CCOc1ccccc1N/C=C(/C#N)C(=O)N1CCOCC1. The number of rotatable bonds is 5. The fourth-order valence-electron chi connectivity index (χ4n) is 2.10. The van der Waals surface area contributed by atoms with Crippen molar-refractivity contribution in [2.75, 3.05) is 38.2 Å². The van der Waals surface area contributed by atoms with Gasteiger partial charge in [0.15, 0.2) is 0 Å². The van der Waals surface area contributed by atoms with Gasteiger partial charge in [-0.2, -0.15) is 5.26 Å². The molecular weight excluding hydrogens is 282 g/mol. The van der Waals surface area contributed by atoms with E-state index in [9.17, 15) is 10.1 Å². The predicted octanol–water partition coefficient (Wildman–Crippen LogP) is 1.76. The van der Waals surface area contributed by atoms with Gasteiger partial charge in [0, 0.05) is 19.3 Å². The smallest absolute Gasteiger partial charge is 0.266 e. The summed E-state index contributed by atoms with van der Waals surface area (Å²) in [6.45, 7) is 4.46. The number of carbonyl (C=O) groups excluding carboxylic acids is 1. The molecule has 1 aromatic rings. The first-order chi connectivity index (χ1) is 10.8. The molecular formula is C16H19N3O3. The largest absolute Gasteiger partial charge is 0.492 e. The van der Waals surface area contributed by atoms with Crippen LogP contribution in [0.3, 0.4) is 0 Å². The van der Waals surface area contributed by atoms with Crippen molar-refractivity contribution >= 4 is 11.6 Å². The summed E-state index contributed by atoms with van der Waals surface area (Å²) < 4.78 is 10.7. The molecule has 1 fully saturated rings. The van der Waals surface area contributed by atoms with E-state index in [-0.39, 0.29) is 11.5 Å². The van der Waals surface area contributed by atoms with Gasteiger partial charge in [0.2, 0.25) is 0 Å². The molecule has 6 nitrogen and oxygen atoms in total. The van der Waals surface area contributed by atoms with Crippen LogP contribution in [0.4, 0.5) is 5.69 Å². The number of para-hydroxylation sites is 2. The number of amides is 1. The Morgan fingerprint density at radius 3 is 2.86 bits per heavy atom. The average molecular weight is 301 g/mol. The van der Waals surface area contributed by atoms with Crippen LogP contribution in [-0.2, 0) is 9.53 Å². The number of carbonyl (C=O) groups is 1. The molecule has 0 unspecified atom stereocenters. The quantitative estimate of drug-likeness (QED) is 0.662. The van der Waals surface area contributed by atoms with Crippen molar-refractivity contribution in [3.63, 3.8) is 0 Å². The van der Waals surface area contributed by atoms with Crippen molar-refractivity contribution in [1.29, 1.82) is 5.26 Å². The van der Waals surface area contributed by atoms with Gasteiger partial charge < -0.3 is 19.7 Å². The highest BCUT2D eigenvalue weighted by atomic mass is 16.5. The van der Waals surface area contributed by atoms with Crippen LogP contribution in [0.25, 0.3) is 0 Å². The number of nitrogens with one attached hydrogen (secondary N) is 1. The van der Waals surface area contributed by atoms with E-state index in [4.69, 9.17) is 9.47 Å². The Balaban J connectivity index is 2.09. The normalized spacial score (nSPS) is 15.1. The highest BCUT2D eigenvalue weighted by Crippen LogP contribution is 2.23. The Morgan fingerprint density at radius 2 is 2.18 bits per heavy atom. The Labute approximate surface area is 129 Å². The Hall–Kier alpha value is -2.52. The van der Waals surface area contributed by atoms with Gasteiger partial charge in [-0.25, -0.2) is 0 Å². The summed E-state index contributed by atoms with van der Waals surface area (Å²) in [6, 6.07) is 9.33. The number of anilines is 1. The summed E-state index contributed by atoms with van der Waals surface area (Å²) >= 11 is 0. The molecule has 0 bridgehead atoms. The standard InChI is InChI=1S/C16H19N3O3/c1-2-22-15-6-4-3-5-14(15)18-12-13(11-17)16(20)19-7-9-21-10-8-19/h3-6,12,18H,2,7-10H2,1H3/b13-12-. The highest BCUT2D eigenvalue weighted by molar-refractivity contribution is 5.97. The lowest BCUT2D eigenvalue weighted by atomic mass is 10.2. The molecule has 1 amide bonds. The first-order valence-electron chi connectivity index (χ1n) is 7.22. The number of benzene rings is 1. The molecule has 22 heavy (non-hydrogen) atoms. The monoisotopic (exact) mass is 301 g/mol. The van der Waals surface area contributed by atoms with Crippen LogP contribution >= 0.6 is 0 Å². The molecule has 0 spiro atoms. The van der Waals surface area contributed by atoms with Crippen LogP contribution in [-0.4, -0.2) is 43.7 Å². The third kappa shape index (κ3) is 3.99. The summed E-state index contributed by atoms with van der Waals surface area (Å²) in [5, 5.41) is 12.2. The van der Waals surface area contributed by atoms with E-state index in [2.05, 4.69) is 5.32 Å². The van der Waals surface area contributed by atoms with E-state index in [0.717, 1.165) is 0 Å². The van der Waals surface area contributed by atoms with E-state index in [0.29, 0.717) is 44.3 Å². The van der Waals surface area contributed by atoms with Gasteiger partial charge in [-0.3, -0.25) is 4.79 Å². The van der Waals surface area contributed by atoms with Gasteiger partial charge >= 0.3 is 0 Å². The topological polar surface area (TPSA) is 74.6 Å². The van der Waals surface area contributed by atoms with E-state index in [1.165, 1.54) is 6.20 Å². The van der Waals surface area contributed by atoms with Crippen LogP contribution in [0.1, 0.15) is 6.92 Å². The van der Waals surface area contributed by atoms with E-state index >= 15 is 0 Å². The van der Waals surface area contributed by atoms with E-state index in [1.54, 1.807) is 4.90 Å². The molecule has 1 saturated heterocycles. The molecule has 6 heteroatoms. The molecule has 1 aromatic carbocycles. The maximum atomic E-state index is 12.3. The summed E-state index contributed by atoms with van der Waals surface area (Å²) in [5.41, 5.74) is 0.778. The minimum absolute atomic E-state index is 0.0631. The van der Waals surface area contributed by atoms with E-state index < -0.39 is 0 Å². The molecule has 1 aliphatic heterocycles. The van der Waals surface area contributed by atoms with Crippen LogP contribution < -0.4 is 10.1 Å². The minimum Gasteiger partial charge on any atom is -0.492 e. The number of morpholine rings is 1. The van der Waals surface area contributed by atoms with Crippen LogP contribution in [0.2, 0.25) is 0 Å². The van der Waals surface area contributed by atoms with E-state index in [1.807, 2.05) is 37.3 Å². The molecule has 1 heterocycles. The zero-order valence-electron chi connectivity index (χ0n) is 12.5. The molecule has 0 aromatic heterocycles. The predicted molar refractivity (Wildman–Crippen MR) is 82.3 cm³/mol. The first-order valence-corrected chi connectivity index (χ1v) is 7.22. The zero-order valence-corrected chi connectivity index (χ0v) is 12.5. The van der Waals surface area contributed by atoms with Crippen LogP contribution in [0, 0.1) is 11.3 Å². The summed E-state index contributed by atoms with van der Waals surface area (Å²) in [5.74, 6) is 0.393. The van der Waals surface area contributed by atoms with Gasteiger partial charge in [-0.15, -0.1) is 0 Å². The van der Waals surface area contributed by atoms with Crippen LogP contribution in [0.15, 0.2) is 36.0 Å². The van der Waals surface area contributed by atoms with Gasteiger partial charge in [-0.1, -0.05) is 12.1 Å². The van der Waals surface area contributed by atoms with Crippen molar-refractivity contribution in [2.45, 2.75) is 6.92 Å². The van der Waals surface area contributed by atoms with Crippen molar-refractivity contribution in [2.24, 2.45) is 0 Å². The van der Waals surface area contributed by atoms with Gasteiger partial charge in [0.25, 0.3) is 5.91 Å². The summed E-state index contributed by atoms with van der Waals surface area (Å²) in [6.07, 6.45) is 1.43. The lowest BCUT2D eigenvalue weighted by Crippen LogP contribution is -2.41. The third-order valence-corrected chi connectivity index (χ3v) is 3.21. The molecule has 116 valence electrons. The van der Waals surface area contributed by atoms with Crippen molar-refractivity contribution < 1.29 is 14.3 Å². The lowest BCUT2D eigenvalue weighted by Gasteiger charge is -2.26. The van der Waals surface area contributed by atoms with Crippen molar-refractivity contribution in [3.8, 4) is 11.8 Å². The summed E-state index contributed by atoms with van der Waals surface area (Å²) in [7, 11) is 0. The van der Waals surface area contributed by atoms with Gasteiger partial charge in [-0.05, 0) is 19.1 Å². The molecule has 1 aliphatic rings. The lowest BCUT2D eigenvalue weighted by molar-refractivity contribution is -0.130. The minimum atomic E-state index is -0.285. The number of ether oxygens (including phenoxy) is 2. The molecule has 1 N–H and O–H groups in total. The van der Waals surface area contributed by atoms with Gasteiger partial charge in [0.05, 0.1) is 25.5 Å². The molecule has 0 aliphatic carbocycles. The first kappa shape index (κ1) is 15.9. The molecule has 0 atom stereocenters. The fraction of sp³-hybridized carbons (Fsp3) is 0.375. The number of nitriles is 1. The second-order valence-electron chi connectivity index (χ2n) is 4.65. The number of hydrogen-bond acceptors (Lipinski definition) is 5. The van der Waals surface area contributed by atoms with Crippen LogP contribution in [0.5, 0.6) is 5.75 Å². The highest BCUT2D eigenvalue weighted by Gasteiger charge is 2.20. The molecule has 0 radical (unpaired) electrons. The Morgan fingerprint density at radius 1 is 1.45 bits per heavy atom.